The molecule has 8 heteroatoms. The van der Waals surface area contributed by atoms with Crippen molar-refractivity contribution in [3.8, 4) is 0 Å². The molecule has 21 heavy (non-hydrogen) atoms. The van der Waals surface area contributed by atoms with Gasteiger partial charge in [0.1, 0.15) is 0 Å². The van der Waals surface area contributed by atoms with Gasteiger partial charge in [0.15, 0.2) is 0 Å². The first-order chi connectivity index (χ1) is 9.82. The third-order valence-electron chi connectivity index (χ3n) is 2.87. The maximum absolute atomic E-state index is 12.9. The highest BCUT2D eigenvalue weighted by atomic mass is 19.4. The summed E-state index contributed by atoms with van der Waals surface area (Å²) in [6.45, 7) is 2.89. The van der Waals surface area contributed by atoms with Crippen molar-refractivity contribution in [1.82, 2.24) is 4.90 Å². The molecule has 0 saturated carbocycles. The van der Waals surface area contributed by atoms with E-state index in [0.29, 0.717) is 13.2 Å². The number of hydrogen-bond acceptors (Lipinski definition) is 4. The summed E-state index contributed by atoms with van der Waals surface area (Å²) in [6, 6.07) is 3.34. The predicted octanol–water partition coefficient (Wildman–Crippen LogP) is 2.10. The molecule has 118 valence electrons. The lowest BCUT2D eigenvalue weighted by molar-refractivity contribution is -0.137. The van der Waals surface area contributed by atoms with Crippen LogP contribution in [0.15, 0.2) is 18.2 Å². The second-order valence-corrected chi connectivity index (χ2v) is 4.29. The van der Waals surface area contributed by atoms with Crippen LogP contribution in [0.4, 0.5) is 18.9 Å². The summed E-state index contributed by atoms with van der Waals surface area (Å²) in [5.74, 6) is 4.60. The molecular weight excluding hydrogens is 287 g/mol. The Balaban J connectivity index is 3.04. The quantitative estimate of drug-likeness (QED) is 0.480. The number of benzene rings is 1. The lowest BCUT2D eigenvalue weighted by Gasteiger charge is -2.21. The molecular formula is C13H18F3N3O2. The molecule has 0 heterocycles. The van der Waals surface area contributed by atoms with Crippen molar-refractivity contribution in [1.29, 1.82) is 0 Å². The Hall–Kier alpha value is -1.80. The van der Waals surface area contributed by atoms with E-state index in [1.54, 1.807) is 0 Å². The maximum Gasteiger partial charge on any atom is 0.418 e. The number of para-hydroxylation sites is 1. The van der Waals surface area contributed by atoms with Gasteiger partial charge in [0, 0.05) is 20.2 Å². The van der Waals surface area contributed by atoms with E-state index >= 15 is 0 Å². The molecule has 0 radical (unpaired) electrons. The number of anilines is 1. The molecule has 0 unspecified atom stereocenters. The molecule has 0 spiro atoms. The van der Waals surface area contributed by atoms with Gasteiger partial charge in [-0.2, -0.15) is 13.2 Å². The Bertz CT molecular complexity index is 492. The molecule has 0 bridgehead atoms. The number of likely N-dealkylation sites (N-methyl/N-ethyl adjacent to an activating group) is 1. The molecule has 0 aromatic heterocycles. The summed E-state index contributed by atoms with van der Waals surface area (Å²) in [5, 5.41) is 0. The molecule has 0 aliphatic rings. The van der Waals surface area contributed by atoms with Gasteiger partial charge < -0.3 is 15.1 Å². The van der Waals surface area contributed by atoms with Crippen LogP contribution in [-0.4, -0.2) is 37.6 Å². The second-order valence-electron chi connectivity index (χ2n) is 4.29. The van der Waals surface area contributed by atoms with Gasteiger partial charge in [-0.1, -0.05) is 6.07 Å². The van der Waals surface area contributed by atoms with Crippen molar-refractivity contribution in [3.05, 3.63) is 29.3 Å². The minimum Gasteiger partial charge on any atom is -0.380 e. The summed E-state index contributed by atoms with van der Waals surface area (Å²) >= 11 is 0. The Morgan fingerprint density at radius 3 is 2.62 bits per heavy atom. The van der Waals surface area contributed by atoms with Gasteiger partial charge in [-0.3, -0.25) is 10.6 Å². The largest absolute Gasteiger partial charge is 0.418 e. The third-order valence-corrected chi connectivity index (χ3v) is 2.87. The van der Waals surface area contributed by atoms with Gasteiger partial charge in [0.2, 0.25) is 0 Å². The monoisotopic (exact) mass is 305 g/mol. The zero-order valence-corrected chi connectivity index (χ0v) is 11.8. The fourth-order valence-electron chi connectivity index (χ4n) is 1.78. The van der Waals surface area contributed by atoms with Crippen LogP contribution in [0.25, 0.3) is 0 Å². The molecule has 5 nitrogen and oxygen atoms in total. The average molecular weight is 305 g/mol. The summed E-state index contributed by atoms with van der Waals surface area (Å²) < 4.78 is 43.8. The Morgan fingerprint density at radius 2 is 2.10 bits per heavy atom. The molecule has 3 N–H and O–H groups in total. The smallest absolute Gasteiger partial charge is 0.380 e. The number of hydrogen-bond donors (Lipinski definition) is 2. The minimum absolute atomic E-state index is 0.133. The van der Waals surface area contributed by atoms with Crippen LogP contribution in [0.5, 0.6) is 0 Å². The lowest BCUT2D eigenvalue weighted by Crippen LogP contribution is -2.31. The molecule has 1 rings (SSSR count). The van der Waals surface area contributed by atoms with E-state index in [2.05, 4.69) is 0 Å². The number of rotatable bonds is 6. The first kappa shape index (κ1) is 17.3. The van der Waals surface area contributed by atoms with Crippen LogP contribution in [0.2, 0.25) is 0 Å². The molecule has 0 fully saturated rings. The molecule has 0 aliphatic heterocycles. The number of carbonyl (C=O) groups is 1. The van der Waals surface area contributed by atoms with Crippen LogP contribution in [0.3, 0.4) is 0 Å². The van der Waals surface area contributed by atoms with E-state index in [-0.39, 0.29) is 12.1 Å². The Labute approximate surface area is 120 Å². The van der Waals surface area contributed by atoms with Gasteiger partial charge in [-0.05, 0) is 19.1 Å². The van der Waals surface area contributed by atoms with Crippen molar-refractivity contribution in [3.63, 3.8) is 0 Å². The summed E-state index contributed by atoms with van der Waals surface area (Å²) in [4.78, 5) is 13.5. The van der Waals surface area contributed by atoms with Crippen LogP contribution < -0.4 is 11.3 Å². The standard InChI is InChI=1S/C13H18F3N3O2/c1-3-21-8-7-19(2)12(20)9-5-4-6-10(11(9)18-17)13(14,15)16/h4-6,18H,3,7-8,17H2,1-2H3. The zero-order valence-electron chi connectivity index (χ0n) is 11.8. The van der Waals surface area contributed by atoms with Crippen molar-refractivity contribution < 1.29 is 22.7 Å². The number of carbonyl (C=O) groups excluding carboxylic acids is 1. The number of nitrogens with two attached hydrogens (primary N) is 1. The van der Waals surface area contributed by atoms with E-state index in [1.165, 1.54) is 24.1 Å². The summed E-state index contributed by atoms with van der Waals surface area (Å²) in [6.07, 6.45) is -4.60. The van der Waals surface area contributed by atoms with Crippen LogP contribution in [0, 0.1) is 0 Å². The van der Waals surface area contributed by atoms with E-state index < -0.39 is 23.3 Å². The highest BCUT2D eigenvalue weighted by Crippen LogP contribution is 2.36. The number of ether oxygens (including phenoxy) is 1. The van der Waals surface area contributed by atoms with Crippen LogP contribution >= 0.6 is 0 Å². The number of hydrazine groups is 1. The molecule has 1 amide bonds. The zero-order chi connectivity index (χ0) is 16.0. The van der Waals surface area contributed by atoms with Gasteiger partial charge in [0.05, 0.1) is 23.4 Å². The van der Waals surface area contributed by atoms with Crippen molar-refractivity contribution in [2.45, 2.75) is 13.1 Å². The first-order valence-corrected chi connectivity index (χ1v) is 6.33. The Morgan fingerprint density at radius 1 is 1.43 bits per heavy atom. The maximum atomic E-state index is 12.9. The van der Waals surface area contributed by atoms with Crippen LogP contribution in [-0.2, 0) is 10.9 Å². The number of halogens is 3. The average Bonchev–Trinajstić information content (AvgIpc) is 2.44. The number of amides is 1. The summed E-state index contributed by atoms with van der Waals surface area (Å²) in [7, 11) is 1.49. The molecule has 1 aromatic rings. The SMILES string of the molecule is CCOCCN(C)C(=O)c1cccc(C(F)(F)F)c1NN. The highest BCUT2D eigenvalue weighted by molar-refractivity contribution is 6.00. The Kier molecular flexibility index (Phi) is 5.98. The normalized spacial score (nSPS) is 11.3. The van der Waals surface area contributed by atoms with E-state index in [0.717, 1.165) is 6.07 Å². The number of alkyl halides is 3. The van der Waals surface area contributed by atoms with E-state index in [9.17, 15) is 18.0 Å². The third kappa shape index (κ3) is 4.33. The highest BCUT2D eigenvalue weighted by Gasteiger charge is 2.35. The first-order valence-electron chi connectivity index (χ1n) is 6.33. The fraction of sp³-hybridized carbons (Fsp3) is 0.462. The minimum atomic E-state index is -4.60. The van der Waals surface area contributed by atoms with Gasteiger partial charge >= 0.3 is 6.18 Å². The molecule has 0 saturated heterocycles. The lowest BCUT2D eigenvalue weighted by atomic mass is 10.1. The topological polar surface area (TPSA) is 67.6 Å². The summed E-state index contributed by atoms with van der Waals surface area (Å²) in [5.41, 5.74) is 0.432. The van der Waals surface area contributed by atoms with Gasteiger partial charge in [-0.25, -0.2) is 0 Å². The van der Waals surface area contributed by atoms with E-state index in [1.807, 2.05) is 12.3 Å². The number of nitrogen functional groups attached to an aromatic ring is 1. The van der Waals surface area contributed by atoms with Crippen molar-refractivity contribution in [2.75, 3.05) is 32.2 Å². The van der Waals surface area contributed by atoms with Crippen LogP contribution in [0.1, 0.15) is 22.8 Å². The van der Waals surface area contributed by atoms with Gasteiger partial charge in [0.25, 0.3) is 5.91 Å². The number of nitrogens with zero attached hydrogens (tertiary/aromatic N) is 1. The number of nitrogens with one attached hydrogen (secondary N) is 1. The predicted molar refractivity (Wildman–Crippen MR) is 72.7 cm³/mol. The molecule has 0 atom stereocenters. The van der Waals surface area contributed by atoms with E-state index in [4.69, 9.17) is 10.6 Å². The fourth-order valence-corrected chi connectivity index (χ4v) is 1.78. The van der Waals surface area contributed by atoms with Crippen molar-refractivity contribution >= 4 is 11.6 Å². The molecule has 1 aromatic carbocycles. The molecule has 0 aliphatic carbocycles. The van der Waals surface area contributed by atoms with Crippen molar-refractivity contribution in [2.24, 2.45) is 5.84 Å². The van der Waals surface area contributed by atoms with Gasteiger partial charge in [-0.15, -0.1) is 0 Å². The second kappa shape index (κ2) is 7.28.